The Morgan fingerprint density at radius 2 is 1.97 bits per heavy atom. The van der Waals surface area contributed by atoms with Crippen molar-refractivity contribution in [3.05, 3.63) is 70.3 Å². The summed E-state index contributed by atoms with van der Waals surface area (Å²) in [6, 6.07) is 12.2. The van der Waals surface area contributed by atoms with Crippen LogP contribution in [0.3, 0.4) is 0 Å². The molecule has 1 aliphatic carbocycles. The van der Waals surface area contributed by atoms with Crippen molar-refractivity contribution in [3.63, 3.8) is 0 Å². The normalized spacial score (nSPS) is 19.8. The summed E-state index contributed by atoms with van der Waals surface area (Å²) in [5.41, 5.74) is 3.16. The average Bonchev–Trinajstić information content (AvgIpc) is 3.66. The molecule has 3 heterocycles. The maximum Gasteiger partial charge on any atom is 0.250 e. The van der Waals surface area contributed by atoms with Crippen LogP contribution in [0.4, 0.5) is 0 Å². The number of carbonyl (C=O) groups excluding carboxylic acids is 2. The van der Waals surface area contributed by atoms with Crippen molar-refractivity contribution >= 4 is 22.7 Å². The van der Waals surface area contributed by atoms with Crippen molar-refractivity contribution in [3.8, 4) is 0 Å². The van der Waals surface area contributed by atoms with E-state index in [0.29, 0.717) is 26.2 Å². The second-order valence-corrected chi connectivity index (χ2v) is 10.2. The van der Waals surface area contributed by atoms with Crippen LogP contribution in [0.1, 0.15) is 43.2 Å². The number of aromatic nitrogens is 2. The molecule has 5 rings (SSSR count). The zero-order chi connectivity index (χ0) is 25.2. The number of benzene rings is 1. The molecule has 190 valence electrons. The Labute approximate surface area is 211 Å². The minimum Gasteiger partial charge on any atom is -0.355 e. The van der Waals surface area contributed by atoms with Gasteiger partial charge in [0.2, 0.25) is 11.8 Å². The van der Waals surface area contributed by atoms with Gasteiger partial charge >= 0.3 is 0 Å². The van der Waals surface area contributed by atoms with Crippen molar-refractivity contribution in [2.24, 2.45) is 13.0 Å². The minimum atomic E-state index is -0.195. The van der Waals surface area contributed by atoms with Crippen LogP contribution in [-0.2, 0) is 29.7 Å². The lowest BCUT2D eigenvalue weighted by molar-refractivity contribution is -0.138. The molecule has 1 unspecified atom stereocenters. The Morgan fingerprint density at radius 1 is 1.17 bits per heavy atom. The van der Waals surface area contributed by atoms with Crippen molar-refractivity contribution in [2.45, 2.75) is 51.2 Å². The van der Waals surface area contributed by atoms with Crippen molar-refractivity contribution < 1.29 is 9.59 Å². The minimum absolute atomic E-state index is 0.0351. The Hall–Kier alpha value is -3.39. The molecule has 36 heavy (non-hydrogen) atoms. The zero-order valence-electron chi connectivity index (χ0n) is 21.1. The summed E-state index contributed by atoms with van der Waals surface area (Å²) >= 11 is 0. The molecule has 1 aliphatic heterocycles. The third-order valence-corrected chi connectivity index (χ3v) is 7.56. The molecule has 1 aromatic carbocycles. The van der Waals surface area contributed by atoms with Gasteiger partial charge in [-0.2, -0.15) is 0 Å². The van der Waals surface area contributed by atoms with Gasteiger partial charge in [-0.25, -0.2) is 0 Å². The first-order valence-electron chi connectivity index (χ1n) is 12.9. The number of nitrogens with zero attached hydrogens (tertiary/aromatic N) is 3. The first-order chi connectivity index (χ1) is 17.4. The lowest BCUT2D eigenvalue weighted by Gasteiger charge is -2.35. The number of amides is 2. The maximum atomic E-state index is 14.1. The van der Waals surface area contributed by atoms with Crippen LogP contribution in [0.25, 0.3) is 10.9 Å². The highest BCUT2D eigenvalue weighted by atomic mass is 16.2. The van der Waals surface area contributed by atoms with E-state index in [0.717, 1.165) is 47.8 Å². The molecule has 2 atom stereocenters. The van der Waals surface area contributed by atoms with E-state index in [1.165, 1.54) is 6.92 Å². The molecule has 1 saturated heterocycles. The van der Waals surface area contributed by atoms with Gasteiger partial charge in [-0.05, 0) is 55.0 Å². The quantitative estimate of drug-likeness (QED) is 0.509. The van der Waals surface area contributed by atoms with E-state index in [4.69, 9.17) is 0 Å². The fraction of sp³-hybridized carbons (Fsp3) is 0.464. The van der Waals surface area contributed by atoms with Crippen LogP contribution in [0.5, 0.6) is 0 Å². The summed E-state index contributed by atoms with van der Waals surface area (Å²) in [6.45, 7) is 4.80. The third-order valence-electron chi connectivity index (χ3n) is 7.56. The summed E-state index contributed by atoms with van der Waals surface area (Å²) in [5.74, 6) is -0.0259. The number of para-hydroxylation sites is 1. The van der Waals surface area contributed by atoms with Crippen LogP contribution in [0.2, 0.25) is 0 Å². The van der Waals surface area contributed by atoms with Crippen molar-refractivity contribution in [1.29, 1.82) is 0 Å². The molecule has 0 radical (unpaired) electrons. The topological polar surface area (TPSA) is 88.4 Å². The number of aryl methyl sites for hydroxylation is 1. The van der Waals surface area contributed by atoms with E-state index in [9.17, 15) is 14.4 Å². The van der Waals surface area contributed by atoms with Gasteiger partial charge in [0.25, 0.3) is 5.56 Å². The fourth-order valence-electron chi connectivity index (χ4n) is 5.47. The Morgan fingerprint density at radius 3 is 2.72 bits per heavy atom. The van der Waals surface area contributed by atoms with Crippen molar-refractivity contribution in [1.82, 2.24) is 24.7 Å². The summed E-state index contributed by atoms with van der Waals surface area (Å²) in [6.07, 6.45) is 6.83. The molecule has 8 heteroatoms. The number of hydrogen-bond donors (Lipinski definition) is 2. The number of carbonyl (C=O) groups is 2. The highest BCUT2D eigenvalue weighted by Gasteiger charge is 2.40. The summed E-state index contributed by atoms with van der Waals surface area (Å²) in [5, 5.41) is 7.43. The van der Waals surface area contributed by atoms with E-state index in [1.54, 1.807) is 23.9 Å². The second kappa shape index (κ2) is 10.3. The second-order valence-electron chi connectivity index (χ2n) is 10.2. The van der Waals surface area contributed by atoms with Gasteiger partial charge in [-0.3, -0.25) is 14.4 Å². The molecule has 2 aliphatic rings. The monoisotopic (exact) mass is 489 g/mol. The SMILES string of the molecule is CC(=O)NCCn1cc(CN(C(=O)[C@H]2CNCCC2c2ccn(C)c(=O)c2)C2CC2)c2ccccc21. The van der Waals surface area contributed by atoms with Crippen LogP contribution in [-0.4, -0.2) is 51.5 Å². The molecule has 2 amide bonds. The summed E-state index contributed by atoms with van der Waals surface area (Å²) in [7, 11) is 1.75. The van der Waals surface area contributed by atoms with Gasteiger partial charge in [0.1, 0.15) is 0 Å². The molecule has 1 saturated carbocycles. The largest absolute Gasteiger partial charge is 0.355 e. The number of hydrogen-bond acceptors (Lipinski definition) is 4. The number of piperidine rings is 1. The molecule has 2 aromatic heterocycles. The molecule has 2 N–H and O–H groups in total. The Kier molecular flexibility index (Phi) is 6.96. The third kappa shape index (κ3) is 5.09. The van der Waals surface area contributed by atoms with Crippen LogP contribution in [0.15, 0.2) is 53.6 Å². The first kappa shape index (κ1) is 24.3. The van der Waals surface area contributed by atoms with E-state index in [1.807, 2.05) is 18.2 Å². The first-order valence-corrected chi connectivity index (χ1v) is 12.9. The van der Waals surface area contributed by atoms with Gasteiger partial charge in [-0.1, -0.05) is 18.2 Å². The standard InChI is InChI=1S/C28H35N5O3/c1-19(34)30-12-14-32-17-21(24-5-3-4-6-26(24)32)18-33(22-7-8-22)28(36)25-16-29-11-9-23(25)20-10-13-31(2)27(35)15-20/h3-6,10,13,15,17,22-23,25,29H,7-9,11-12,14,16,18H2,1-2H3,(H,30,34)/t23?,25-/m0/s1. The number of fused-ring (bicyclic) bond motifs is 1. The summed E-state index contributed by atoms with van der Waals surface area (Å²) < 4.78 is 3.74. The molecule has 3 aromatic rings. The van der Waals surface area contributed by atoms with E-state index in [-0.39, 0.29) is 35.3 Å². The highest BCUT2D eigenvalue weighted by molar-refractivity contribution is 5.86. The molecular formula is C28H35N5O3. The van der Waals surface area contributed by atoms with Crippen LogP contribution < -0.4 is 16.2 Å². The summed E-state index contributed by atoms with van der Waals surface area (Å²) in [4.78, 5) is 39.8. The van der Waals surface area contributed by atoms with Crippen molar-refractivity contribution in [2.75, 3.05) is 19.6 Å². The number of rotatable bonds is 8. The maximum absolute atomic E-state index is 14.1. The van der Waals surface area contributed by atoms with E-state index in [2.05, 4.69) is 38.4 Å². The fourth-order valence-corrected chi connectivity index (χ4v) is 5.47. The highest BCUT2D eigenvalue weighted by Crippen LogP contribution is 2.36. The number of nitrogens with one attached hydrogen (secondary N) is 2. The average molecular weight is 490 g/mol. The Balaban J connectivity index is 1.41. The van der Waals surface area contributed by atoms with Gasteiger partial charge in [-0.15, -0.1) is 0 Å². The van der Waals surface area contributed by atoms with Gasteiger partial charge in [0.05, 0.1) is 5.92 Å². The lowest BCUT2D eigenvalue weighted by atomic mass is 9.80. The number of pyridine rings is 1. The molecular weight excluding hydrogens is 454 g/mol. The van der Waals surface area contributed by atoms with Crippen LogP contribution >= 0.6 is 0 Å². The van der Waals surface area contributed by atoms with Gasteiger partial charge in [0.15, 0.2) is 0 Å². The van der Waals surface area contributed by atoms with Gasteiger partial charge < -0.3 is 24.7 Å². The smallest absolute Gasteiger partial charge is 0.250 e. The molecule has 0 spiro atoms. The molecule has 8 nitrogen and oxygen atoms in total. The van der Waals surface area contributed by atoms with E-state index < -0.39 is 0 Å². The zero-order valence-corrected chi connectivity index (χ0v) is 21.1. The van der Waals surface area contributed by atoms with E-state index >= 15 is 0 Å². The predicted octanol–water partition coefficient (Wildman–Crippen LogP) is 2.36. The van der Waals surface area contributed by atoms with Crippen LogP contribution in [0, 0.1) is 5.92 Å². The predicted molar refractivity (Wildman–Crippen MR) is 140 cm³/mol. The molecule has 2 fully saturated rings. The molecule has 0 bridgehead atoms. The Bertz CT molecular complexity index is 1320. The lowest BCUT2D eigenvalue weighted by Crippen LogP contribution is -2.47. The van der Waals surface area contributed by atoms with Gasteiger partial charge in [0, 0.05) is 75.6 Å².